The summed E-state index contributed by atoms with van der Waals surface area (Å²) in [6.45, 7) is 3.26. The highest BCUT2D eigenvalue weighted by atomic mass is 16.5. The lowest BCUT2D eigenvalue weighted by molar-refractivity contribution is -0.135. The van der Waals surface area contributed by atoms with E-state index in [2.05, 4.69) is 17.4 Å². The molecule has 2 aliphatic rings. The van der Waals surface area contributed by atoms with E-state index in [1.54, 1.807) is 0 Å². The molecule has 20 heavy (non-hydrogen) atoms. The summed E-state index contributed by atoms with van der Waals surface area (Å²) in [6.07, 6.45) is 2.69. The van der Waals surface area contributed by atoms with E-state index in [-0.39, 0.29) is 18.1 Å². The van der Waals surface area contributed by atoms with Gasteiger partial charge in [-0.1, -0.05) is 30.3 Å². The number of nitrogens with zero attached hydrogens (tertiary/aromatic N) is 1. The van der Waals surface area contributed by atoms with Crippen LogP contribution >= 0.6 is 0 Å². The second-order valence-corrected chi connectivity index (χ2v) is 5.56. The fourth-order valence-corrected chi connectivity index (χ4v) is 3.15. The zero-order valence-corrected chi connectivity index (χ0v) is 11.8. The molecular weight excluding hydrogens is 252 g/mol. The Balaban J connectivity index is 1.64. The van der Waals surface area contributed by atoms with E-state index in [4.69, 9.17) is 4.74 Å². The van der Waals surface area contributed by atoms with Crippen LogP contribution in [0.15, 0.2) is 30.3 Å². The van der Waals surface area contributed by atoms with E-state index in [0.717, 1.165) is 32.5 Å². The van der Waals surface area contributed by atoms with Crippen LogP contribution in [0.1, 0.15) is 30.9 Å². The molecule has 2 atom stereocenters. The molecule has 0 saturated carbocycles. The predicted molar refractivity (Wildman–Crippen MR) is 77.4 cm³/mol. The molecule has 4 heteroatoms. The summed E-state index contributed by atoms with van der Waals surface area (Å²) in [5.41, 5.74) is 1.25. The van der Waals surface area contributed by atoms with Crippen LogP contribution in [0.4, 0.5) is 0 Å². The van der Waals surface area contributed by atoms with Crippen LogP contribution < -0.4 is 5.32 Å². The minimum Gasteiger partial charge on any atom is -0.375 e. The lowest BCUT2D eigenvalue weighted by Crippen LogP contribution is -2.42. The molecule has 0 aromatic heterocycles. The maximum absolute atomic E-state index is 12.5. The molecule has 1 amide bonds. The Kier molecular flexibility index (Phi) is 4.33. The number of morpholine rings is 1. The lowest BCUT2D eigenvalue weighted by Gasteiger charge is -2.29. The van der Waals surface area contributed by atoms with Crippen molar-refractivity contribution in [2.75, 3.05) is 26.2 Å². The first-order valence-corrected chi connectivity index (χ1v) is 7.51. The minimum atomic E-state index is 0.0354. The first kappa shape index (κ1) is 13.6. The highest BCUT2D eigenvalue weighted by Crippen LogP contribution is 2.32. The van der Waals surface area contributed by atoms with Gasteiger partial charge in [0.15, 0.2) is 0 Å². The Morgan fingerprint density at radius 1 is 1.35 bits per heavy atom. The van der Waals surface area contributed by atoms with Crippen molar-refractivity contribution in [2.45, 2.75) is 31.4 Å². The molecule has 1 aromatic carbocycles. The van der Waals surface area contributed by atoms with E-state index in [1.165, 1.54) is 5.56 Å². The average molecular weight is 274 g/mol. The SMILES string of the molecule is O=C(C[C@H]1CNCCO1)N1CCC[C@@H]1c1ccccc1. The summed E-state index contributed by atoms with van der Waals surface area (Å²) in [5, 5.41) is 3.28. The number of benzene rings is 1. The van der Waals surface area contributed by atoms with Gasteiger partial charge >= 0.3 is 0 Å². The number of hydrogen-bond acceptors (Lipinski definition) is 3. The van der Waals surface area contributed by atoms with Gasteiger partial charge in [-0.3, -0.25) is 4.79 Å². The number of ether oxygens (including phenoxy) is 1. The third-order valence-electron chi connectivity index (χ3n) is 4.16. The van der Waals surface area contributed by atoms with E-state index < -0.39 is 0 Å². The number of amides is 1. The first-order valence-electron chi connectivity index (χ1n) is 7.51. The predicted octanol–water partition coefficient (Wildman–Crippen LogP) is 1.73. The minimum absolute atomic E-state index is 0.0354. The summed E-state index contributed by atoms with van der Waals surface area (Å²) in [4.78, 5) is 14.6. The maximum Gasteiger partial charge on any atom is 0.225 e. The standard InChI is InChI=1S/C16H22N2O2/c19-16(11-14-12-17-8-10-20-14)18-9-4-7-15(18)13-5-2-1-3-6-13/h1-3,5-6,14-15,17H,4,7-12H2/t14-,15+/m0/s1. The highest BCUT2D eigenvalue weighted by Gasteiger charge is 2.31. The van der Waals surface area contributed by atoms with Gasteiger partial charge in [0, 0.05) is 19.6 Å². The van der Waals surface area contributed by atoms with Crippen LogP contribution in [-0.4, -0.2) is 43.2 Å². The van der Waals surface area contributed by atoms with Crippen molar-refractivity contribution >= 4 is 5.91 Å². The van der Waals surface area contributed by atoms with Crippen molar-refractivity contribution in [1.29, 1.82) is 0 Å². The normalized spacial score (nSPS) is 26.7. The Labute approximate surface area is 120 Å². The number of likely N-dealkylation sites (tertiary alicyclic amines) is 1. The molecular formula is C16H22N2O2. The number of carbonyl (C=O) groups excluding carboxylic acids is 1. The quantitative estimate of drug-likeness (QED) is 0.912. The molecule has 2 fully saturated rings. The van der Waals surface area contributed by atoms with E-state index in [1.807, 2.05) is 23.1 Å². The number of carbonyl (C=O) groups is 1. The fourth-order valence-electron chi connectivity index (χ4n) is 3.15. The zero-order chi connectivity index (χ0) is 13.8. The molecule has 2 aliphatic heterocycles. The number of hydrogen-bond donors (Lipinski definition) is 1. The topological polar surface area (TPSA) is 41.6 Å². The Morgan fingerprint density at radius 2 is 2.20 bits per heavy atom. The number of rotatable bonds is 3. The van der Waals surface area contributed by atoms with Crippen LogP contribution in [-0.2, 0) is 9.53 Å². The highest BCUT2D eigenvalue weighted by molar-refractivity contribution is 5.77. The smallest absolute Gasteiger partial charge is 0.225 e. The molecule has 1 aromatic rings. The van der Waals surface area contributed by atoms with Gasteiger partial charge in [-0.2, -0.15) is 0 Å². The van der Waals surface area contributed by atoms with E-state index >= 15 is 0 Å². The van der Waals surface area contributed by atoms with Gasteiger partial charge in [-0.15, -0.1) is 0 Å². The second-order valence-electron chi connectivity index (χ2n) is 5.56. The van der Waals surface area contributed by atoms with Crippen molar-refractivity contribution < 1.29 is 9.53 Å². The Hall–Kier alpha value is -1.39. The molecule has 2 heterocycles. The van der Waals surface area contributed by atoms with Gasteiger partial charge in [-0.25, -0.2) is 0 Å². The summed E-state index contributed by atoms with van der Waals surface area (Å²) in [7, 11) is 0. The van der Waals surface area contributed by atoms with Crippen molar-refractivity contribution in [3.63, 3.8) is 0 Å². The van der Waals surface area contributed by atoms with Crippen LogP contribution in [0, 0.1) is 0 Å². The summed E-state index contributed by atoms with van der Waals surface area (Å²) in [6, 6.07) is 10.6. The second kappa shape index (κ2) is 6.37. The third-order valence-corrected chi connectivity index (χ3v) is 4.16. The van der Waals surface area contributed by atoms with Crippen molar-refractivity contribution in [1.82, 2.24) is 10.2 Å². The maximum atomic E-state index is 12.5. The van der Waals surface area contributed by atoms with Crippen molar-refractivity contribution in [3.8, 4) is 0 Å². The third kappa shape index (κ3) is 3.02. The van der Waals surface area contributed by atoms with Crippen LogP contribution in [0.5, 0.6) is 0 Å². The van der Waals surface area contributed by atoms with Crippen LogP contribution in [0.3, 0.4) is 0 Å². The molecule has 0 unspecified atom stereocenters. The van der Waals surface area contributed by atoms with Gasteiger partial charge in [0.1, 0.15) is 0 Å². The molecule has 3 rings (SSSR count). The Morgan fingerprint density at radius 3 is 2.95 bits per heavy atom. The fraction of sp³-hybridized carbons (Fsp3) is 0.562. The van der Waals surface area contributed by atoms with Gasteiger partial charge < -0.3 is 15.0 Å². The summed E-state index contributed by atoms with van der Waals surface area (Å²) >= 11 is 0. The van der Waals surface area contributed by atoms with E-state index in [0.29, 0.717) is 13.0 Å². The van der Waals surface area contributed by atoms with Crippen LogP contribution in [0.25, 0.3) is 0 Å². The first-order chi connectivity index (χ1) is 9.84. The van der Waals surface area contributed by atoms with Gasteiger partial charge in [0.25, 0.3) is 0 Å². The molecule has 108 valence electrons. The summed E-state index contributed by atoms with van der Waals surface area (Å²) < 4.78 is 5.64. The molecule has 4 nitrogen and oxygen atoms in total. The monoisotopic (exact) mass is 274 g/mol. The summed E-state index contributed by atoms with van der Waals surface area (Å²) in [5.74, 6) is 0.227. The Bertz CT molecular complexity index is 443. The van der Waals surface area contributed by atoms with Crippen LogP contribution in [0.2, 0.25) is 0 Å². The molecule has 2 saturated heterocycles. The molecule has 0 aliphatic carbocycles. The largest absolute Gasteiger partial charge is 0.375 e. The van der Waals surface area contributed by atoms with E-state index in [9.17, 15) is 4.79 Å². The van der Waals surface area contributed by atoms with Crippen molar-refractivity contribution in [2.24, 2.45) is 0 Å². The molecule has 1 N–H and O–H groups in total. The number of nitrogens with one attached hydrogen (secondary N) is 1. The zero-order valence-electron chi connectivity index (χ0n) is 11.8. The molecule has 0 spiro atoms. The van der Waals surface area contributed by atoms with Crippen molar-refractivity contribution in [3.05, 3.63) is 35.9 Å². The molecule has 0 bridgehead atoms. The lowest BCUT2D eigenvalue weighted by atomic mass is 10.0. The van der Waals surface area contributed by atoms with Gasteiger partial charge in [0.2, 0.25) is 5.91 Å². The van der Waals surface area contributed by atoms with Gasteiger partial charge in [0.05, 0.1) is 25.2 Å². The molecule has 0 radical (unpaired) electrons. The average Bonchev–Trinajstić information content (AvgIpc) is 2.99. The van der Waals surface area contributed by atoms with Gasteiger partial charge in [-0.05, 0) is 18.4 Å².